The Kier molecular flexibility index (Phi) is 3.94. The summed E-state index contributed by atoms with van der Waals surface area (Å²) in [7, 11) is 1.59. The molecular formula is C16H18N2O2. The number of nitrogens with one attached hydrogen (secondary N) is 1. The number of ether oxygens (including phenoxy) is 1. The molecule has 0 unspecified atom stereocenters. The van der Waals surface area contributed by atoms with Crippen LogP contribution in [0.4, 0.5) is 11.4 Å². The molecule has 0 aliphatic heterocycles. The van der Waals surface area contributed by atoms with Crippen LogP contribution < -0.4 is 15.8 Å². The van der Waals surface area contributed by atoms with Gasteiger partial charge in [0.05, 0.1) is 18.5 Å². The Morgan fingerprint density at radius 2 is 1.75 bits per heavy atom. The number of aryl methyl sites for hydroxylation is 1. The number of amides is 1. The fourth-order valence-electron chi connectivity index (χ4n) is 1.93. The highest BCUT2D eigenvalue weighted by atomic mass is 16.5. The molecule has 0 saturated carbocycles. The molecule has 0 bridgehead atoms. The van der Waals surface area contributed by atoms with E-state index >= 15 is 0 Å². The number of anilines is 2. The van der Waals surface area contributed by atoms with Crippen LogP contribution in [0.1, 0.15) is 21.5 Å². The minimum atomic E-state index is -0.187. The third-order valence-electron chi connectivity index (χ3n) is 3.36. The van der Waals surface area contributed by atoms with Gasteiger partial charge in [0.2, 0.25) is 0 Å². The maximum absolute atomic E-state index is 12.2. The van der Waals surface area contributed by atoms with E-state index in [4.69, 9.17) is 10.5 Å². The van der Waals surface area contributed by atoms with Gasteiger partial charge in [-0.05, 0) is 55.3 Å². The Balaban J connectivity index is 2.25. The first-order valence-electron chi connectivity index (χ1n) is 6.34. The molecule has 0 saturated heterocycles. The number of methoxy groups -OCH3 is 1. The van der Waals surface area contributed by atoms with Crippen LogP contribution >= 0.6 is 0 Å². The second kappa shape index (κ2) is 5.65. The molecule has 4 nitrogen and oxygen atoms in total. The van der Waals surface area contributed by atoms with E-state index < -0.39 is 0 Å². The topological polar surface area (TPSA) is 64.3 Å². The lowest BCUT2D eigenvalue weighted by Crippen LogP contribution is -2.14. The first-order chi connectivity index (χ1) is 9.52. The van der Waals surface area contributed by atoms with Crippen molar-refractivity contribution >= 4 is 17.3 Å². The van der Waals surface area contributed by atoms with E-state index in [1.165, 1.54) is 0 Å². The zero-order valence-electron chi connectivity index (χ0n) is 11.9. The van der Waals surface area contributed by atoms with Crippen molar-refractivity contribution in [1.29, 1.82) is 0 Å². The van der Waals surface area contributed by atoms with Crippen molar-refractivity contribution in [2.24, 2.45) is 0 Å². The number of rotatable bonds is 3. The fraction of sp³-hybridized carbons (Fsp3) is 0.188. The molecule has 0 aliphatic carbocycles. The second-order valence-corrected chi connectivity index (χ2v) is 4.65. The van der Waals surface area contributed by atoms with Crippen LogP contribution in [0.2, 0.25) is 0 Å². The van der Waals surface area contributed by atoms with Crippen molar-refractivity contribution in [3.8, 4) is 5.75 Å². The monoisotopic (exact) mass is 270 g/mol. The molecule has 0 radical (unpaired) electrons. The van der Waals surface area contributed by atoms with Crippen molar-refractivity contribution in [3.05, 3.63) is 53.1 Å². The molecule has 0 atom stereocenters. The Bertz CT molecular complexity index is 634. The Morgan fingerprint density at radius 1 is 1.10 bits per heavy atom. The van der Waals surface area contributed by atoms with Gasteiger partial charge in [-0.1, -0.05) is 6.07 Å². The summed E-state index contributed by atoms with van der Waals surface area (Å²) in [5.41, 5.74) is 9.79. The fourth-order valence-corrected chi connectivity index (χ4v) is 1.93. The Labute approximate surface area is 118 Å². The average molecular weight is 270 g/mol. The van der Waals surface area contributed by atoms with Crippen LogP contribution in [-0.4, -0.2) is 13.0 Å². The van der Waals surface area contributed by atoms with Crippen LogP contribution in [0.3, 0.4) is 0 Å². The van der Waals surface area contributed by atoms with E-state index in [1.807, 2.05) is 19.9 Å². The van der Waals surface area contributed by atoms with Gasteiger partial charge >= 0.3 is 0 Å². The van der Waals surface area contributed by atoms with E-state index in [9.17, 15) is 4.79 Å². The largest absolute Gasteiger partial charge is 0.497 e. The second-order valence-electron chi connectivity index (χ2n) is 4.65. The van der Waals surface area contributed by atoms with Gasteiger partial charge in [0.15, 0.2) is 0 Å². The molecule has 2 aromatic carbocycles. The summed E-state index contributed by atoms with van der Waals surface area (Å²) in [6.45, 7) is 3.92. The van der Waals surface area contributed by atoms with Crippen molar-refractivity contribution in [1.82, 2.24) is 0 Å². The molecule has 0 aliphatic rings. The quantitative estimate of drug-likeness (QED) is 0.842. The summed E-state index contributed by atoms with van der Waals surface area (Å²) in [5, 5.41) is 2.87. The smallest absolute Gasteiger partial charge is 0.255 e. The molecule has 104 valence electrons. The lowest BCUT2D eigenvalue weighted by molar-refractivity contribution is 0.102. The number of benzene rings is 2. The minimum Gasteiger partial charge on any atom is -0.497 e. The van der Waals surface area contributed by atoms with Crippen molar-refractivity contribution in [2.45, 2.75) is 13.8 Å². The van der Waals surface area contributed by atoms with Gasteiger partial charge in [-0.3, -0.25) is 4.79 Å². The number of hydrogen-bond acceptors (Lipinski definition) is 3. The molecule has 20 heavy (non-hydrogen) atoms. The first kappa shape index (κ1) is 13.9. The summed E-state index contributed by atoms with van der Waals surface area (Å²) < 4.78 is 5.07. The normalized spacial score (nSPS) is 10.2. The third-order valence-corrected chi connectivity index (χ3v) is 3.36. The molecule has 3 N–H and O–H groups in total. The molecule has 4 heteroatoms. The lowest BCUT2D eigenvalue weighted by atomic mass is 10.1. The lowest BCUT2D eigenvalue weighted by Gasteiger charge is -2.13. The van der Waals surface area contributed by atoms with Crippen LogP contribution in [0.5, 0.6) is 5.75 Å². The first-order valence-corrected chi connectivity index (χ1v) is 6.34. The number of nitrogens with two attached hydrogens (primary N) is 1. The highest BCUT2D eigenvalue weighted by molar-refractivity contribution is 6.06. The zero-order valence-corrected chi connectivity index (χ0v) is 11.9. The van der Waals surface area contributed by atoms with Gasteiger partial charge in [-0.2, -0.15) is 0 Å². The van der Waals surface area contributed by atoms with Crippen LogP contribution in [-0.2, 0) is 0 Å². The average Bonchev–Trinajstić information content (AvgIpc) is 2.47. The van der Waals surface area contributed by atoms with E-state index in [0.717, 1.165) is 11.1 Å². The SMILES string of the molecule is COc1ccc(C(=O)Nc2c(N)ccc(C)c2C)cc1. The van der Waals surface area contributed by atoms with Crippen LogP contribution in [0.25, 0.3) is 0 Å². The maximum atomic E-state index is 12.2. The zero-order chi connectivity index (χ0) is 14.7. The summed E-state index contributed by atoms with van der Waals surface area (Å²) in [4.78, 5) is 12.2. The predicted molar refractivity (Wildman–Crippen MR) is 81.3 cm³/mol. The van der Waals surface area contributed by atoms with Crippen LogP contribution in [0, 0.1) is 13.8 Å². The van der Waals surface area contributed by atoms with Gasteiger partial charge < -0.3 is 15.8 Å². The predicted octanol–water partition coefficient (Wildman–Crippen LogP) is 3.15. The molecule has 0 spiro atoms. The maximum Gasteiger partial charge on any atom is 0.255 e. The molecular weight excluding hydrogens is 252 g/mol. The molecule has 2 rings (SSSR count). The minimum absolute atomic E-state index is 0.187. The van der Waals surface area contributed by atoms with E-state index in [0.29, 0.717) is 22.7 Å². The van der Waals surface area contributed by atoms with Crippen LogP contribution in [0.15, 0.2) is 36.4 Å². The number of nitrogen functional groups attached to an aromatic ring is 1. The summed E-state index contributed by atoms with van der Waals surface area (Å²) in [6.07, 6.45) is 0. The number of carbonyl (C=O) groups is 1. The van der Waals surface area contributed by atoms with Crippen molar-refractivity contribution in [3.63, 3.8) is 0 Å². The summed E-state index contributed by atoms with van der Waals surface area (Å²) >= 11 is 0. The van der Waals surface area contributed by atoms with Gasteiger partial charge in [0.25, 0.3) is 5.91 Å². The van der Waals surface area contributed by atoms with E-state index in [1.54, 1.807) is 37.4 Å². The third kappa shape index (κ3) is 2.74. The molecule has 0 fully saturated rings. The molecule has 0 aromatic heterocycles. The molecule has 0 heterocycles. The Hall–Kier alpha value is -2.49. The summed E-state index contributed by atoms with van der Waals surface area (Å²) in [5.74, 6) is 0.529. The van der Waals surface area contributed by atoms with E-state index in [2.05, 4.69) is 5.32 Å². The number of carbonyl (C=O) groups excluding carboxylic acids is 1. The van der Waals surface area contributed by atoms with Gasteiger partial charge in [-0.15, -0.1) is 0 Å². The highest BCUT2D eigenvalue weighted by Gasteiger charge is 2.11. The highest BCUT2D eigenvalue weighted by Crippen LogP contribution is 2.26. The van der Waals surface area contributed by atoms with Crippen molar-refractivity contribution < 1.29 is 9.53 Å². The van der Waals surface area contributed by atoms with Crippen molar-refractivity contribution in [2.75, 3.05) is 18.2 Å². The number of hydrogen-bond donors (Lipinski definition) is 2. The van der Waals surface area contributed by atoms with E-state index in [-0.39, 0.29) is 5.91 Å². The Morgan fingerprint density at radius 3 is 2.35 bits per heavy atom. The molecule has 2 aromatic rings. The molecule has 1 amide bonds. The summed E-state index contributed by atoms with van der Waals surface area (Å²) in [6, 6.07) is 10.7. The van der Waals surface area contributed by atoms with Gasteiger partial charge in [0, 0.05) is 5.56 Å². The standard InChI is InChI=1S/C16H18N2O2/c1-10-4-9-14(17)15(11(10)2)18-16(19)12-5-7-13(20-3)8-6-12/h4-9H,17H2,1-3H3,(H,18,19). The van der Waals surface area contributed by atoms with Gasteiger partial charge in [0.1, 0.15) is 5.75 Å². The van der Waals surface area contributed by atoms with Gasteiger partial charge in [-0.25, -0.2) is 0 Å².